The predicted molar refractivity (Wildman–Crippen MR) is 59.9 cm³/mol. The molecule has 1 aromatic rings. The van der Waals surface area contributed by atoms with E-state index in [1.54, 1.807) is 37.3 Å². The number of nitrogens with one attached hydrogen (secondary N) is 1. The van der Waals surface area contributed by atoms with Crippen LogP contribution in [0.2, 0.25) is 0 Å². The van der Waals surface area contributed by atoms with E-state index in [1.807, 2.05) is 0 Å². The molecule has 15 heavy (non-hydrogen) atoms. The molecule has 0 spiro atoms. The van der Waals surface area contributed by atoms with Crippen LogP contribution in [0.5, 0.6) is 5.75 Å². The number of carbonyl (C=O) groups is 1. The molecule has 0 heterocycles. The van der Waals surface area contributed by atoms with Gasteiger partial charge in [-0.2, -0.15) is 0 Å². The first-order valence-electron chi connectivity index (χ1n) is 4.67. The molecule has 0 aliphatic carbocycles. The van der Waals surface area contributed by atoms with Crippen LogP contribution in [0, 0.1) is 5.41 Å². The second kappa shape index (κ2) is 5.75. The molecular formula is C12H13NO2. The minimum atomic E-state index is -0.0851. The highest BCUT2D eigenvalue weighted by atomic mass is 16.5. The first kappa shape index (κ1) is 11.2. The van der Waals surface area contributed by atoms with Gasteiger partial charge in [0.1, 0.15) is 12.4 Å². The summed E-state index contributed by atoms with van der Waals surface area (Å²) in [5.41, 5.74) is 0.525. The Morgan fingerprint density at radius 3 is 2.87 bits per heavy atom. The van der Waals surface area contributed by atoms with Crippen LogP contribution >= 0.6 is 0 Å². The van der Waals surface area contributed by atoms with E-state index in [0.29, 0.717) is 11.3 Å². The molecule has 0 unspecified atom stereocenters. The summed E-state index contributed by atoms with van der Waals surface area (Å²) < 4.78 is 5.26. The lowest BCUT2D eigenvalue weighted by molar-refractivity contribution is 0.104. The molecule has 0 amide bonds. The van der Waals surface area contributed by atoms with Gasteiger partial charge in [0.05, 0.1) is 5.56 Å². The van der Waals surface area contributed by atoms with Crippen molar-refractivity contribution in [2.24, 2.45) is 0 Å². The van der Waals surface area contributed by atoms with Gasteiger partial charge in [-0.05, 0) is 25.1 Å². The van der Waals surface area contributed by atoms with Gasteiger partial charge in [-0.1, -0.05) is 18.2 Å². The molecule has 1 N–H and O–H groups in total. The second-order valence-corrected chi connectivity index (χ2v) is 2.88. The van der Waals surface area contributed by atoms with Gasteiger partial charge in [0.15, 0.2) is 5.78 Å². The van der Waals surface area contributed by atoms with Crippen molar-refractivity contribution in [3.05, 3.63) is 42.0 Å². The number of hydrogen-bond acceptors (Lipinski definition) is 3. The highest BCUT2D eigenvalue weighted by molar-refractivity contribution is 6.06. The molecule has 0 saturated heterocycles. The summed E-state index contributed by atoms with van der Waals surface area (Å²) in [5, 5.41) is 6.86. The van der Waals surface area contributed by atoms with E-state index in [1.165, 1.54) is 6.08 Å². The minimum absolute atomic E-state index is 0.0851. The largest absolute Gasteiger partial charge is 0.487 e. The number of para-hydroxylation sites is 1. The Morgan fingerprint density at radius 2 is 2.20 bits per heavy atom. The van der Waals surface area contributed by atoms with Crippen molar-refractivity contribution in [1.29, 1.82) is 5.41 Å². The SMILES string of the molecule is CC=CC(=O)c1ccccc1OCC=N. The molecule has 0 aromatic heterocycles. The molecule has 0 radical (unpaired) electrons. The summed E-state index contributed by atoms with van der Waals surface area (Å²) in [4.78, 5) is 11.6. The Morgan fingerprint density at radius 1 is 1.47 bits per heavy atom. The highest BCUT2D eigenvalue weighted by Gasteiger charge is 2.07. The number of benzene rings is 1. The van der Waals surface area contributed by atoms with E-state index in [-0.39, 0.29) is 12.4 Å². The molecule has 0 fully saturated rings. The lowest BCUT2D eigenvalue weighted by atomic mass is 10.1. The Hall–Kier alpha value is -1.90. The quantitative estimate of drug-likeness (QED) is 0.454. The van der Waals surface area contributed by atoms with Crippen LogP contribution in [0.25, 0.3) is 0 Å². The Labute approximate surface area is 88.9 Å². The lowest BCUT2D eigenvalue weighted by Crippen LogP contribution is -2.03. The average Bonchev–Trinajstić information content (AvgIpc) is 2.27. The minimum Gasteiger partial charge on any atom is -0.487 e. The summed E-state index contributed by atoms with van der Waals surface area (Å²) in [6.45, 7) is 1.97. The van der Waals surface area contributed by atoms with Crippen molar-refractivity contribution in [3.8, 4) is 5.75 Å². The van der Waals surface area contributed by atoms with Gasteiger partial charge in [-0.15, -0.1) is 0 Å². The van der Waals surface area contributed by atoms with Gasteiger partial charge in [0, 0.05) is 6.21 Å². The van der Waals surface area contributed by atoms with Crippen molar-refractivity contribution >= 4 is 12.0 Å². The lowest BCUT2D eigenvalue weighted by Gasteiger charge is -2.06. The Bertz CT molecular complexity index is 383. The van der Waals surface area contributed by atoms with Crippen molar-refractivity contribution < 1.29 is 9.53 Å². The van der Waals surface area contributed by atoms with Crippen LogP contribution in [-0.2, 0) is 0 Å². The maximum absolute atomic E-state index is 11.6. The fourth-order valence-corrected chi connectivity index (χ4v) is 1.17. The van der Waals surface area contributed by atoms with E-state index < -0.39 is 0 Å². The van der Waals surface area contributed by atoms with Crippen molar-refractivity contribution in [2.45, 2.75) is 6.92 Å². The molecule has 0 saturated carbocycles. The van der Waals surface area contributed by atoms with Crippen LogP contribution in [0.1, 0.15) is 17.3 Å². The standard InChI is InChI=1S/C12H13NO2/c1-2-5-11(14)10-6-3-4-7-12(10)15-9-8-13/h2-8,13H,9H2,1H3. The zero-order valence-corrected chi connectivity index (χ0v) is 8.57. The molecule has 0 aliphatic rings. The van der Waals surface area contributed by atoms with Gasteiger partial charge < -0.3 is 10.1 Å². The van der Waals surface area contributed by atoms with E-state index in [4.69, 9.17) is 10.1 Å². The van der Waals surface area contributed by atoms with Crippen LogP contribution in [0.15, 0.2) is 36.4 Å². The van der Waals surface area contributed by atoms with E-state index in [0.717, 1.165) is 6.21 Å². The van der Waals surface area contributed by atoms with E-state index >= 15 is 0 Å². The summed E-state index contributed by atoms with van der Waals surface area (Å²) in [7, 11) is 0. The van der Waals surface area contributed by atoms with Gasteiger partial charge in [0.25, 0.3) is 0 Å². The molecule has 3 nitrogen and oxygen atoms in total. The first-order chi connectivity index (χ1) is 7.29. The van der Waals surface area contributed by atoms with Crippen molar-refractivity contribution in [2.75, 3.05) is 6.61 Å². The Balaban J connectivity index is 2.94. The number of carbonyl (C=O) groups excluding carboxylic acids is 1. The van der Waals surface area contributed by atoms with E-state index in [9.17, 15) is 4.79 Å². The van der Waals surface area contributed by atoms with Crippen LogP contribution in [-0.4, -0.2) is 18.6 Å². The summed E-state index contributed by atoms with van der Waals surface area (Å²) in [6.07, 6.45) is 4.33. The maximum Gasteiger partial charge on any atom is 0.189 e. The molecule has 0 bridgehead atoms. The Kier molecular flexibility index (Phi) is 4.29. The molecule has 0 atom stereocenters. The molecule has 3 heteroatoms. The van der Waals surface area contributed by atoms with Gasteiger partial charge in [-0.3, -0.25) is 4.79 Å². The van der Waals surface area contributed by atoms with Crippen LogP contribution in [0.3, 0.4) is 0 Å². The second-order valence-electron chi connectivity index (χ2n) is 2.88. The number of ether oxygens (including phenoxy) is 1. The number of hydrogen-bond donors (Lipinski definition) is 1. The topological polar surface area (TPSA) is 50.2 Å². The maximum atomic E-state index is 11.6. The predicted octanol–water partition coefficient (Wildman–Crippen LogP) is 2.47. The normalized spacial score (nSPS) is 10.2. The molecule has 1 aromatic carbocycles. The summed E-state index contributed by atoms with van der Waals surface area (Å²) >= 11 is 0. The summed E-state index contributed by atoms with van der Waals surface area (Å²) in [5.74, 6) is 0.433. The molecule has 1 rings (SSSR count). The number of allylic oxidation sites excluding steroid dienone is 2. The zero-order valence-electron chi connectivity index (χ0n) is 8.57. The third-order valence-corrected chi connectivity index (χ3v) is 1.79. The van der Waals surface area contributed by atoms with Gasteiger partial charge in [-0.25, -0.2) is 0 Å². The first-order valence-corrected chi connectivity index (χ1v) is 4.67. The molecular weight excluding hydrogens is 190 g/mol. The smallest absolute Gasteiger partial charge is 0.189 e. The molecule has 78 valence electrons. The van der Waals surface area contributed by atoms with Gasteiger partial charge in [0.2, 0.25) is 0 Å². The third kappa shape index (κ3) is 3.06. The van der Waals surface area contributed by atoms with Crippen LogP contribution in [0.4, 0.5) is 0 Å². The number of ketones is 1. The van der Waals surface area contributed by atoms with Crippen molar-refractivity contribution in [3.63, 3.8) is 0 Å². The van der Waals surface area contributed by atoms with Gasteiger partial charge >= 0.3 is 0 Å². The fraction of sp³-hybridized carbons (Fsp3) is 0.167. The third-order valence-electron chi connectivity index (χ3n) is 1.79. The fourth-order valence-electron chi connectivity index (χ4n) is 1.17. The zero-order chi connectivity index (χ0) is 11.1. The number of rotatable bonds is 5. The van der Waals surface area contributed by atoms with Crippen LogP contribution < -0.4 is 4.74 Å². The summed E-state index contributed by atoms with van der Waals surface area (Å²) in [6, 6.07) is 7.02. The highest BCUT2D eigenvalue weighted by Crippen LogP contribution is 2.18. The monoisotopic (exact) mass is 203 g/mol. The average molecular weight is 203 g/mol. The van der Waals surface area contributed by atoms with Crippen molar-refractivity contribution in [1.82, 2.24) is 0 Å². The van der Waals surface area contributed by atoms with E-state index in [2.05, 4.69) is 0 Å². The molecule has 0 aliphatic heterocycles.